The summed E-state index contributed by atoms with van der Waals surface area (Å²) < 4.78 is 33.3. The monoisotopic (exact) mass is 386 g/mol. The van der Waals surface area contributed by atoms with Crippen LogP contribution in [0.1, 0.15) is 0 Å². The Bertz CT molecular complexity index is 1060. The molecule has 0 bridgehead atoms. The largest absolute Gasteiger partial charge is 0.506 e. The summed E-state index contributed by atoms with van der Waals surface area (Å²) in [6, 6.07) is 7.65. The molecule has 3 aromatic rings. The van der Waals surface area contributed by atoms with Gasteiger partial charge in [-0.3, -0.25) is 4.55 Å². The van der Waals surface area contributed by atoms with Crippen molar-refractivity contribution in [2.75, 3.05) is 5.32 Å². The predicted molar refractivity (Wildman–Crippen MR) is 88.6 cm³/mol. The molecule has 0 saturated heterocycles. The van der Waals surface area contributed by atoms with E-state index in [0.29, 0.717) is 5.39 Å². The van der Waals surface area contributed by atoms with E-state index in [0.717, 1.165) is 0 Å². The maximum absolute atomic E-state index is 11.9. The van der Waals surface area contributed by atoms with Crippen LogP contribution in [0.25, 0.3) is 10.8 Å². The molecule has 0 atom stereocenters. The van der Waals surface area contributed by atoms with Gasteiger partial charge in [0.05, 0.1) is 0 Å². The molecule has 0 saturated carbocycles. The first-order valence-corrected chi connectivity index (χ1v) is 8.52. The molecule has 0 aliphatic rings. The quantitative estimate of drug-likeness (QED) is 0.463. The number of halogens is 2. The van der Waals surface area contributed by atoms with E-state index in [1.54, 1.807) is 18.2 Å². The SMILES string of the molecule is O=S(=O)(O)c1c(Nc2nnnc(Cl)c2Cl)c(O)cc2ccccc12. The van der Waals surface area contributed by atoms with Gasteiger partial charge in [-0.15, -0.1) is 10.2 Å². The summed E-state index contributed by atoms with van der Waals surface area (Å²) in [5.41, 5.74) is -0.310. The van der Waals surface area contributed by atoms with Crippen LogP contribution >= 0.6 is 23.2 Å². The summed E-state index contributed by atoms with van der Waals surface area (Å²) in [6.45, 7) is 0. The lowest BCUT2D eigenvalue weighted by Crippen LogP contribution is -2.07. The first kappa shape index (κ1) is 16.7. The van der Waals surface area contributed by atoms with Gasteiger partial charge >= 0.3 is 0 Å². The van der Waals surface area contributed by atoms with Gasteiger partial charge in [0.15, 0.2) is 11.0 Å². The molecule has 0 unspecified atom stereocenters. The number of aromatic hydroxyl groups is 1. The molecular formula is C13H8Cl2N4O4S. The van der Waals surface area contributed by atoms with Crippen molar-refractivity contribution >= 4 is 55.6 Å². The fraction of sp³-hybridized carbons (Fsp3) is 0. The number of hydrogen-bond acceptors (Lipinski definition) is 7. The smallest absolute Gasteiger partial charge is 0.297 e. The first-order chi connectivity index (χ1) is 11.3. The number of aromatic nitrogens is 3. The molecule has 11 heteroatoms. The van der Waals surface area contributed by atoms with E-state index < -0.39 is 20.8 Å². The van der Waals surface area contributed by atoms with E-state index in [9.17, 15) is 18.1 Å². The molecule has 0 aliphatic heterocycles. The lowest BCUT2D eigenvalue weighted by atomic mass is 10.1. The summed E-state index contributed by atoms with van der Waals surface area (Å²) in [7, 11) is -4.69. The van der Waals surface area contributed by atoms with Crippen molar-refractivity contribution in [2.45, 2.75) is 4.90 Å². The van der Waals surface area contributed by atoms with E-state index in [-0.39, 0.29) is 27.1 Å². The summed E-state index contributed by atoms with van der Waals surface area (Å²) in [5, 5.41) is 23.4. The Morgan fingerprint density at radius 3 is 2.54 bits per heavy atom. The van der Waals surface area contributed by atoms with Gasteiger partial charge in [0.1, 0.15) is 21.4 Å². The van der Waals surface area contributed by atoms with Crippen molar-refractivity contribution in [3.05, 3.63) is 40.5 Å². The molecule has 0 spiro atoms. The lowest BCUT2D eigenvalue weighted by molar-refractivity contribution is 0.470. The van der Waals surface area contributed by atoms with E-state index in [4.69, 9.17) is 23.2 Å². The number of fused-ring (bicyclic) bond motifs is 1. The zero-order valence-corrected chi connectivity index (χ0v) is 13.9. The highest BCUT2D eigenvalue weighted by Crippen LogP contribution is 2.40. The van der Waals surface area contributed by atoms with Gasteiger partial charge in [-0.25, -0.2) is 0 Å². The maximum Gasteiger partial charge on any atom is 0.297 e. The second-order valence-corrected chi connectivity index (χ2v) is 6.76. The Balaban J connectivity index is 2.31. The molecule has 2 aromatic carbocycles. The van der Waals surface area contributed by atoms with E-state index in [1.165, 1.54) is 12.1 Å². The number of hydrogen-bond donors (Lipinski definition) is 3. The summed E-state index contributed by atoms with van der Waals surface area (Å²) in [6.07, 6.45) is 0. The Kier molecular flexibility index (Phi) is 4.18. The van der Waals surface area contributed by atoms with Crippen LogP contribution in [0.4, 0.5) is 11.5 Å². The van der Waals surface area contributed by atoms with Crippen LogP contribution < -0.4 is 5.32 Å². The van der Waals surface area contributed by atoms with E-state index in [1.807, 2.05) is 0 Å². The number of nitrogens with one attached hydrogen (secondary N) is 1. The Labute approximate surface area is 145 Å². The second kappa shape index (κ2) is 6.02. The van der Waals surface area contributed by atoms with Crippen molar-refractivity contribution in [1.29, 1.82) is 0 Å². The fourth-order valence-corrected chi connectivity index (χ4v) is 3.30. The van der Waals surface area contributed by atoms with Crippen molar-refractivity contribution < 1.29 is 18.1 Å². The van der Waals surface area contributed by atoms with Gasteiger partial charge in [-0.2, -0.15) is 8.42 Å². The van der Waals surface area contributed by atoms with Gasteiger partial charge in [0.2, 0.25) is 0 Å². The highest BCUT2D eigenvalue weighted by atomic mass is 35.5. The lowest BCUT2D eigenvalue weighted by Gasteiger charge is -2.14. The average molecular weight is 387 g/mol. The minimum absolute atomic E-state index is 0.125. The van der Waals surface area contributed by atoms with Crippen LogP contribution in [0.2, 0.25) is 10.2 Å². The molecule has 24 heavy (non-hydrogen) atoms. The number of benzene rings is 2. The Hall–Kier alpha value is -2.20. The Morgan fingerprint density at radius 1 is 1.12 bits per heavy atom. The topological polar surface area (TPSA) is 125 Å². The first-order valence-electron chi connectivity index (χ1n) is 6.32. The maximum atomic E-state index is 11.9. The molecule has 124 valence electrons. The van der Waals surface area contributed by atoms with E-state index in [2.05, 4.69) is 20.7 Å². The third-order valence-electron chi connectivity index (χ3n) is 3.15. The zero-order chi connectivity index (χ0) is 17.5. The van der Waals surface area contributed by atoms with Gasteiger partial charge in [-0.1, -0.05) is 47.5 Å². The van der Waals surface area contributed by atoms with Gasteiger partial charge < -0.3 is 10.4 Å². The third kappa shape index (κ3) is 2.94. The standard InChI is InChI=1S/C13H8Cl2N4O4S/c14-9-12(15)17-19-18-13(9)16-10-8(20)5-6-3-1-2-4-7(6)11(10)24(21,22)23/h1-5,20H,(H,16,17,18)(H,21,22,23). The summed E-state index contributed by atoms with van der Waals surface area (Å²) in [5.74, 6) is -0.570. The van der Waals surface area contributed by atoms with Crippen LogP contribution in [0.3, 0.4) is 0 Å². The summed E-state index contributed by atoms with van der Waals surface area (Å²) >= 11 is 11.7. The minimum atomic E-state index is -4.69. The van der Waals surface area contributed by atoms with Crippen molar-refractivity contribution in [2.24, 2.45) is 0 Å². The van der Waals surface area contributed by atoms with Gasteiger partial charge in [-0.05, 0) is 16.7 Å². The highest BCUT2D eigenvalue weighted by Gasteiger charge is 2.24. The van der Waals surface area contributed by atoms with E-state index >= 15 is 0 Å². The molecule has 0 amide bonds. The van der Waals surface area contributed by atoms with Crippen molar-refractivity contribution in [3.8, 4) is 5.75 Å². The number of phenolic OH excluding ortho intramolecular Hbond substituents is 1. The van der Waals surface area contributed by atoms with Crippen molar-refractivity contribution in [3.63, 3.8) is 0 Å². The second-order valence-electron chi connectivity index (χ2n) is 4.66. The molecule has 1 aromatic heterocycles. The predicted octanol–water partition coefficient (Wildman–Crippen LogP) is 3.03. The molecule has 8 nitrogen and oxygen atoms in total. The fourth-order valence-electron chi connectivity index (χ4n) is 2.18. The van der Waals surface area contributed by atoms with Crippen molar-refractivity contribution in [1.82, 2.24) is 15.4 Å². The minimum Gasteiger partial charge on any atom is -0.506 e. The summed E-state index contributed by atoms with van der Waals surface area (Å²) in [4.78, 5) is -0.524. The molecule has 3 rings (SSSR count). The molecule has 0 fully saturated rings. The van der Waals surface area contributed by atoms with Crippen LogP contribution in [-0.2, 0) is 10.1 Å². The number of anilines is 2. The number of phenols is 1. The molecular weight excluding hydrogens is 379 g/mol. The molecule has 3 N–H and O–H groups in total. The Morgan fingerprint density at radius 2 is 1.83 bits per heavy atom. The van der Waals surface area contributed by atoms with Gasteiger partial charge in [0, 0.05) is 5.39 Å². The number of rotatable bonds is 3. The average Bonchev–Trinajstić information content (AvgIpc) is 2.51. The zero-order valence-electron chi connectivity index (χ0n) is 11.6. The molecule has 0 radical (unpaired) electrons. The van der Waals surface area contributed by atoms with Gasteiger partial charge in [0.25, 0.3) is 10.1 Å². The number of nitrogens with zero attached hydrogens (tertiary/aromatic N) is 3. The molecule has 0 aliphatic carbocycles. The normalized spacial score (nSPS) is 11.6. The third-order valence-corrected chi connectivity index (χ3v) is 4.81. The van der Waals surface area contributed by atoms with Crippen LogP contribution in [0.5, 0.6) is 5.75 Å². The van der Waals surface area contributed by atoms with Crippen LogP contribution in [-0.4, -0.2) is 33.5 Å². The molecule has 1 heterocycles. The van der Waals surface area contributed by atoms with Crippen LogP contribution in [0.15, 0.2) is 35.2 Å². The van der Waals surface area contributed by atoms with Crippen LogP contribution in [0, 0.1) is 0 Å². The highest BCUT2D eigenvalue weighted by molar-refractivity contribution is 7.86.